The van der Waals surface area contributed by atoms with Crippen molar-refractivity contribution >= 4 is 0 Å². The van der Waals surface area contributed by atoms with Crippen LogP contribution in [0.15, 0.2) is 0 Å². The lowest BCUT2D eigenvalue weighted by molar-refractivity contribution is 0.173. The normalized spacial score (nSPS) is 27.5. The lowest BCUT2D eigenvalue weighted by Gasteiger charge is -2.34. The van der Waals surface area contributed by atoms with E-state index in [1.54, 1.807) is 0 Å². The highest BCUT2D eigenvalue weighted by molar-refractivity contribution is 4.81. The van der Waals surface area contributed by atoms with Gasteiger partial charge in [0.05, 0.1) is 0 Å². The zero-order valence-corrected chi connectivity index (χ0v) is 8.92. The van der Waals surface area contributed by atoms with Gasteiger partial charge in [0, 0.05) is 12.6 Å². The molecule has 0 aromatic rings. The minimum absolute atomic E-state index is 0.618. The summed E-state index contributed by atoms with van der Waals surface area (Å²) >= 11 is 0. The first kappa shape index (κ1) is 11.0. The summed E-state index contributed by atoms with van der Waals surface area (Å²) in [4.78, 5) is 2.43. The average Bonchev–Trinajstić information content (AvgIpc) is 2.14. The summed E-state index contributed by atoms with van der Waals surface area (Å²) in [7, 11) is 4.26. The van der Waals surface area contributed by atoms with E-state index >= 15 is 0 Å². The second-order valence-electron chi connectivity index (χ2n) is 4.14. The molecule has 0 bridgehead atoms. The maximum absolute atomic E-state index is 5.59. The topological polar surface area (TPSA) is 41.3 Å². The molecule has 0 spiro atoms. The van der Waals surface area contributed by atoms with Crippen molar-refractivity contribution in [3.8, 4) is 0 Å². The predicted octanol–water partition coefficient (Wildman–Crippen LogP) is 0.265. The Bertz CT molecular complexity index is 138. The van der Waals surface area contributed by atoms with E-state index in [1.165, 1.54) is 25.9 Å². The molecule has 0 radical (unpaired) electrons. The molecule has 1 rings (SSSR count). The largest absolute Gasteiger partial charge is 0.330 e. The molecule has 0 amide bonds. The first-order valence-electron chi connectivity index (χ1n) is 5.33. The maximum Gasteiger partial charge on any atom is 0.0116 e. The molecule has 1 fully saturated rings. The molecule has 3 N–H and O–H groups in total. The van der Waals surface area contributed by atoms with E-state index in [-0.39, 0.29) is 0 Å². The zero-order chi connectivity index (χ0) is 9.68. The van der Waals surface area contributed by atoms with Gasteiger partial charge in [-0.3, -0.25) is 0 Å². The Kier molecular flexibility index (Phi) is 4.70. The van der Waals surface area contributed by atoms with Gasteiger partial charge < -0.3 is 16.0 Å². The molecule has 1 aliphatic rings. The van der Waals surface area contributed by atoms with E-state index in [0.717, 1.165) is 18.9 Å². The summed E-state index contributed by atoms with van der Waals surface area (Å²) in [5.74, 6) is 0.798. The van der Waals surface area contributed by atoms with E-state index in [2.05, 4.69) is 24.3 Å². The highest BCUT2D eigenvalue weighted by Crippen LogP contribution is 2.19. The molecule has 1 aliphatic heterocycles. The lowest BCUT2D eigenvalue weighted by atomic mass is 9.89. The standard InChI is InChI=1S/C10H23N3/c1-12-10(5-6-11)9-4-3-7-13(2)8-9/h9-10,12H,3-8,11H2,1-2H3. The van der Waals surface area contributed by atoms with E-state index < -0.39 is 0 Å². The molecule has 0 aromatic heterocycles. The molecule has 2 unspecified atom stereocenters. The van der Waals surface area contributed by atoms with Crippen molar-refractivity contribution in [3.05, 3.63) is 0 Å². The van der Waals surface area contributed by atoms with Gasteiger partial charge in [-0.1, -0.05) is 0 Å². The van der Waals surface area contributed by atoms with Crippen molar-refractivity contribution in [1.82, 2.24) is 10.2 Å². The monoisotopic (exact) mass is 185 g/mol. The van der Waals surface area contributed by atoms with Gasteiger partial charge in [-0.05, 0) is 52.4 Å². The number of hydrogen-bond acceptors (Lipinski definition) is 3. The molecule has 0 aliphatic carbocycles. The summed E-state index contributed by atoms with van der Waals surface area (Å²) in [5, 5.41) is 3.39. The van der Waals surface area contributed by atoms with Gasteiger partial charge in [-0.2, -0.15) is 0 Å². The Labute approximate surface area is 81.7 Å². The highest BCUT2D eigenvalue weighted by Gasteiger charge is 2.23. The minimum atomic E-state index is 0.618. The Morgan fingerprint density at radius 2 is 2.38 bits per heavy atom. The van der Waals surface area contributed by atoms with E-state index in [9.17, 15) is 0 Å². The van der Waals surface area contributed by atoms with Crippen LogP contribution in [-0.4, -0.2) is 44.7 Å². The van der Waals surface area contributed by atoms with Gasteiger partial charge in [0.1, 0.15) is 0 Å². The highest BCUT2D eigenvalue weighted by atomic mass is 15.1. The smallest absolute Gasteiger partial charge is 0.0116 e. The number of rotatable bonds is 4. The molecular formula is C10H23N3. The average molecular weight is 185 g/mol. The van der Waals surface area contributed by atoms with Gasteiger partial charge >= 0.3 is 0 Å². The first-order chi connectivity index (χ1) is 6.27. The molecular weight excluding hydrogens is 162 g/mol. The number of nitrogens with zero attached hydrogens (tertiary/aromatic N) is 1. The molecule has 3 heteroatoms. The minimum Gasteiger partial charge on any atom is -0.330 e. The quantitative estimate of drug-likeness (QED) is 0.660. The van der Waals surface area contributed by atoms with Crippen molar-refractivity contribution in [2.24, 2.45) is 11.7 Å². The fraction of sp³-hybridized carbons (Fsp3) is 1.00. The summed E-state index contributed by atoms with van der Waals surface area (Å²) in [6, 6.07) is 0.618. The van der Waals surface area contributed by atoms with E-state index in [0.29, 0.717) is 6.04 Å². The Morgan fingerprint density at radius 1 is 1.62 bits per heavy atom. The van der Waals surface area contributed by atoms with Crippen molar-refractivity contribution in [2.75, 3.05) is 33.7 Å². The summed E-state index contributed by atoms with van der Waals surface area (Å²) in [6.45, 7) is 3.28. The van der Waals surface area contributed by atoms with Crippen LogP contribution in [0, 0.1) is 5.92 Å². The van der Waals surface area contributed by atoms with Crippen molar-refractivity contribution < 1.29 is 0 Å². The van der Waals surface area contributed by atoms with Gasteiger partial charge in [-0.15, -0.1) is 0 Å². The van der Waals surface area contributed by atoms with Crippen LogP contribution in [0.4, 0.5) is 0 Å². The van der Waals surface area contributed by atoms with Gasteiger partial charge in [0.15, 0.2) is 0 Å². The Hall–Kier alpha value is -0.120. The number of likely N-dealkylation sites (tertiary alicyclic amines) is 1. The van der Waals surface area contributed by atoms with Gasteiger partial charge in [0.2, 0.25) is 0 Å². The molecule has 1 saturated heterocycles. The molecule has 2 atom stereocenters. The van der Waals surface area contributed by atoms with Crippen LogP contribution in [0.2, 0.25) is 0 Å². The molecule has 13 heavy (non-hydrogen) atoms. The van der Waals surface area contributed by atoms with Crippen molar-refractivity contribution in [3.63, 3.8) is 0 Å². The van der Waals surface area contributed by atoms with Crippen molar-refractivity contribution in [1.29, 1.82) is 0 Å². The second kappa shape index (κ2) is 5.58. The Balaban J connectivity index is 2.37. The Morgan fingerprint density at radius 3 is 2.92 bits per heavy atom. The van der Waals surface area contributed by atoms with Crippen LogP contribution in [0.1, 0.15) is 19.3 Å². The number of piperidine rings is 1. The number of hydrogen-bond donors (Lipinski definition) is 2. The number of nitrogens with one attached hydrogen (secondary N) is 1. The van der Waals surface area contributed by atoms with E-state index in [1.807, 2.05) is 0 Å². The summed E-state index contributed by atoms with van der Waals surface area (Å²) < 4.78 is 0. The van der Waals surface area contributed by atoms with Crippen molar-refractivity contribution in [2.45, 2.75) is 25.3 Å². The van der Waals surface area contributed by atoms with Crippen LogP contribution in [0.3, 0.4) is 0 Å². The second-order valence-corrected chi connectivity index (χ2v) is 4.14. The van der Waals surface area contributed by atoms with Gasteiger partial charge in [-0.25, -0.2) is 0 Å². The molecule has 0 saturated carbocycles. The SMILES string of the molecule is CNC(CCN)C1CCCN(C)C1. The van der Waals surface area contributed by atoms with Crippen LogP contribution in [0.5, 0.6) is 0 Å². The molecule has 78 valence electrons. The van der Waals surface area contributed by atoms with Crippen LogP contribution in [-0.2, 0) is 0 Å². The van der Waals surface area contributed by atoms with Crippen LogP contribution in [0.25, 0.3) is 0 Å². The fourth-order valence-electron chi connectivity index (χ4n) is 2.33. The zero-order valence-electron chi connectivity index (χ0n) is 8.92. The molecule has 0 aromatic carbocycles. The molecule has 3 nitrogen and oxygen atoms in total. The third-order valence-electron chi connectivity index (χ3n) is 3.08. The summed E-state index contributed by atoms with van der Waals surface area (Å²) in [5.41, 5.74) is 5.59. The van der Waals surface area contributed by atoms with Crippen LogP contribution < -0.4 is 11.1 Å². The van der Waals surface area contributed by atoms with Crippen LogP contribution >= 0.6 is 0 Å². The van der Waals surface area contributed by atoms with Gasteiger partial charge in [0.25, 0.3) is 0 Å². The molecule has 1 heterocycles. The number of nitrogens with two attached hydrogens (primary N) is 1. The van der Waals surface area contributed by atoms with E-state index in [4.69, 9.17) is 5.73 Å². The summed E-state index contributed by atoms with van der Waals surface area (Å²) in [6.07, 6.45) is 3.80. The lowest BCUT2D eigenvalue weighted by Crippen LogP contribution is -2.44. The third kappa shape index (κ3) is 3.25. The maximum atomic E-state index is 5.59. The third-order valence-corrected chi connectivity index (χ3v) is 3.08. The predicted molar refractivity (Wildman–Crippen MR) is 56.7 cm³/mol. The first-order valence-corrected chi connectivity index (χ1v) is 5.33. The fourth-order valence-corrected chi connectivity index (χ4v) is 2.33.